The van der Waals surface area contributed by atoms with E-state index in [0.29, 0.717) is 62.1 Å². The zero-order chi connectivity index (χ0) is 25.1. The van der Waals surface area contributed by atoms with Crippen LogP contribution in [0.25, 0.3) is 0 Å². The SMILES string of the molecule is O=C(CSc1nc2c(c(=O)[nH]1)CN(Cc1ccc(F)cc1)CC2)N1CCN(c2ccccc2F)CC1. The van der Waals surface area contributed by atoms with Crippen LogP contribution in [-0.4, -0.2) is 64.2 Å². The number of aromatic amines is 1. The van der Waals surface area contributed by atoms with Gasteiger partial charge in [-0.15, -0.1) is 0 Å². The van der Waals surface area contributed by atoms with Crippen molar-refractivity contribution in [3.63, 3.8) is 0 Å². The van der Waals surface area contributed by atoms with Crippen molar-refractivity contribution >= 4 is 23.4 Å². The summed E-state index contributed by atoms with van der Waals surface area (Å²) >= 11 is 1.23. The lowest BCUT2D eigenvalue weighted by atomic mass is 10.1. The molecule has 3 heterocycles. The Labute approximate surface area is 212 Å². The highest BCUT2D eigenvalue weighted by Gasteiger charge is 2.24. The second kappa shape index (κ2) is 10.8. The van der Waals surface area contributed by atoms with E-state index in [-0.39, 0.29) is 28.9 Å². The average Bonchev–Trinajstić information content (AvgIpc) is 2.89. The summed E-state index contributed by atoms with van der Waals surface area (Å²) in [6, 6.07) is 13.1. The number of thioether (sulfide) groups is 1. The summed E-state index contributed by atoms with van der Waals surface area (Å²) in [5.41, 5.74) is 2.78. The summed E-state index contributed by atoms with van der Waals surface area (Å²) in [5.74, 6) is -0.373. The van der Waals surface area contributed by atoms with Gasteiger partial charge < -0.3 is 14.8 Å². The van der Waals surface area contributed by atoms with Gasteiger partial charge in [0.25, 0.3) is 5.56 Å². The molecule has 2 aromatic carbocycles. The minimum absolute atomic E-state index is 0.0287. The van der Waals surface area contributed by atoms with Crippen LogP contribution >= 0.6 is 11.8 Å². The van der Waals surface area contributed by atoms with E-state index in [1.54, 1.807) is 29.2 Å². The molecule has 3 aromatic rings. The molecule has 0 radical (unpaired) electrons. The Morgan fingerprint density at radius 2 is 1.75 bits per heavy atom. The number of carbonyl (C=O) groups is 1. The zero-order valence-electron chi connectivity index (χ0n) is 19.8. The summed E-state index contributed by atoms with van der Waals surface area (Å²) in [4.78, 5) is 38.8. The Balaban J connectivity index is 1.14. The van der Waals surface area contributed by atoms with Crippen molar-refractivity contribution in [2.75, 3.05) is 43.4 Å². The van der Waals surface area contributed by atoms with Crippen LogP contribution < -0.4 is 10.5 Å². The number of rotatable bonds is 6. The molecule has 10 heteroatoms. The maximum Gasteiger partial charge on any atom is 0.256 e. The molecule has 0 spiro atoms. The average molecular weight is 512 g/mol. The molecule has 2 aliphatic rings. The highest BCUT2D eigenvalue weighted by atomic mass is 32.2. The summed E-state index contributed by atoms with van der Waals surface area (Å²) in [6.45, 7) is 4.03. The standard InChI is InChI=1S/C26H27F2N5O2S/c27-19-7-5-18(6-8-19)15-31-10-9-22-20(16-31)25(35)30-26(29-22)36-17-24(34)33-13-11-32(12-14-33)23-4-2-1-3-21(23)28/h1-8H,9-17H2,(H,29,30,35). The summed E-state index contributed by atoms with van der Waals surface area (Å²) in [5, 5.41) is 0.448. The number of benzene rings is 2. The number of halogens is 2. The Kier molecular flexibility index (Phi) is 7.33. The Morgan fingerprint density at radius 3 is 2.50 bits per heavy atom. The first-order valence-electron chi connectivity index (χ1n) is 11.9. The third-order valence-electron chi connectivity index (χ3n) is 6.60. The number of fused-ring (bicyclic) bond motifs is 1. The van der Waals surface area contributed by atoms with Gasteiger partial charge in [0.2, 0.25) is 5.91 Å². The lowest BCUT2D eigenvalue weighted by Crippen LogP contribution is -2.49. The molecule has 1 aromatic heterocycles. The number of nitrogens with zero attached hydrogens (tertiary/aromatic N) is 4. The number of anilines is 1. The van der Waals surface area contributed by atoms with Gasteiger partial charge in [0.15, 0.2) is 5.16 Å². The molecule has 0 saturated carbocycles. The molecule has 188 valence electrons. The van der Waals surface area contributed by atoms with Crippen LogP contribution in [0.15, 0.2) is 58.5 Å². The highest BCUT2D eigenvalue weighted by Crippen LogP contribution is 2.22. The molecule has 0 atom stereocenters. The van der Waals surface area contributed by atoms with Gasteiger partial charge in [-0.3, -0.25) is 14.5 Å². The van der Waals surface area contributed by atoms with E-state index in [1.165, 1.54) is 30.0 Å². The fraction of sp³-hybridized carbons (Fsp3) is 0.346. The third-order valence-corrected chi connectivity index (χ3v) is 7.46. The van der Waals surface area contributed by atoms with Crippen molar-refractivity contribution < 1.29 is 13.6 Å². The molecule has 0 aliphatic carbocycles. The van der Waals surface area contributed by atoms with E-state index in [0.717, 1.165) is 17.8 Å². The van der Waals surface area contributed by atoms with Gasteiger partial charge in [-0.05, 0) is 29.8 Å². The minimum Gasteiger partial charge on any atom is -0.366 e. The molecule has 1 fully saturated rings. The Hall–Kier alpha value is -3.24. The van der Waals surface area contributed by atoms with Gasteiger partial charge in [-0.2, -0.15) is 0 Å². The lowest BCUT2D eigenvalue weighted by molar-refractivity contribution is -0.128. The first-order chi connectivity index (χ1) is 17.5. The third kappa shape index (κ3) is 5.60. The molecular weight excluding hydrogens is 484 g/mol. The fourth-order valence-corrected chi connectivity index (χ4v) is 5.42. The van der Waals surface area contributed by atoms with Crippen molar-refractivity contribution in [2.24, 2.45) is 0 Å². The number of H-pyrrole nitrogens is 1. The maximum atomic E-state index is 14.0. The number of nitrogens with one attached hydrogen (secondary N) is 1. The van der Waals surface area contributed by atoms with Crippen LogP contribution in [0.2, 0.25) is 0 Å². The molecule has 1 N–H and O–H groups in total. The highest BCUT2D eigenvalue weighted by molar-refractivity contribution is 7.99. The van der Waals surface area contributed by atoms with Gasteiger partial charge in [-0.1, -0.05) is 36.0 Å². The molecule has 7 nitrogen and oxygen atoms in total. The van der Waals surface area contributed by atoms with Crippen LogP contribution in [-0.2, 0) is 24.3 Å². The van der Waals surface area contributed by atoms with E-state index >= 15 is 0 Å². The number of hydrogen-bond acceptors (Lipinski definition) is 6. The quantitative estimate of drug-likeness (QED) is 0.405. The van der Waals surface area contributed by atoms with Crippen molar-refractivity contribution in [1.82, 2.24) is 19.8 Å². The van der Waals surface area contributed by atoms with Crippen LogP contribution in [0.5, 0.6) is 0 Å². The van der Waals surface area contributed by atoms with Crippen molar-refractivity contribution in [3.05, 3.63) is 87.3 Å². The van der Waals surface area contributed by atoms with Crippen molar-refractivity contribution in [2.45, 2.75) is 24.7 Å². The number of piperazine rings is 1. The maximum absolute atomic E-state index is 14.0. The Bertz CT molecular complexity index is 1290. The number of aromatic nitrogens is 2. The topological polar surface area (TPSA) is 72.5 Å². The smallest absolute Gasteiger partial charge is 0.256 e. The number of amides is 1. The van der Waals surface area contributed by atoms with Crippen LogP contribution in [0.1, 0.15) is 16.8 Å². The number of para-hydroxylation sites is 1. The molecule has 2 aliphatic heterocycles. The van der Waals surface area contributed by atoms with Gasteiger partial charge in [-0.25, -0.2) is 13.8 Å². The van der Waals surface area contributed by atoms with Crippen LogP contribution in [0.4, 0.5) is 14.5 Å². The summed E-state index contributed by atoms with van der Waals surface area (Å²) < 4.78 is 27.2. The molecule has 1 amide bonds. The van der Waals surface area contributed by atoms with Crippen LogP contribution in [0, 0.1) is 11.6 Å². The monoisotopic (exact) mass is 511 g/mol. The predicted molar refractivity (Wildman–Crippen MR) is 135 cm³/mol. The molecule has 36 heavy (non-hydrogen) atoms. The fourth-order valence-electron chi connectivity index (χ4n) is 4.64. The molecule has 0 bridgehead atoms. The minimum atomic E-state index is -0.267. The molecule has 1 saturated heterocycles. The van der Waals surface area contributed by atoms with E-state index in [2.05, 4.69) is 14.9 Å². The van der Waals surface area contributed by atoms with Crippen LogP contribution in [0.3, 0.4) is 0 Å². The van der Waals surface area contributed by atoms with Gasteiger partial charge in [0, 0.05) is 52.2 Å². The number of carbonyl (C=O) groups excluding carboxylic acids is 1. The lowest BCUT2D eigenvalue weighted by Gasteiger charge is -2.36. The van der Waals surface area contributed by atoms with E-state index in [4.69, 9.17) is 0 Å². The summed E-state index contributed by atoms with van der Waals surface area (Å²) in [6.07, 6.45) is 0.639. The second-order valence-electron chi connectivity index (χ2n) is 8.99. The Morgan fingerprint density at radius 1 is 1.00 bits per heavy atom. The molecule has 0 unspecified atom stereocenters. The second-order valence-corrected chi connectivity index (χ2v) is 9.96. The zero-order valence-corrected chi connectivity index (χ0v) is 20.6. The van der Waals surface area contributed by atoms with Crippen molar-refractivity contribution in [1.29, 1.82) is 0 Å². The van der Waals surface area contributed by atoms with E-state index < -0.39 is 0 Å². The van der Waals surface area contributed by atoms with Crippen molar-refractivity contribution in [3.8, 4) is 0 Å². The normalized spacial score (nSPS) is 16.2. The first-order valence-corrected chi connectivity index (χ1v) is 12.9. The molecule has 5 rings (SSSR count). The first kappa shape index (κ1) is 24.5. The largest absolute Gasteiger partial charge is 0.366 e. The molecular formula is C26H27F2N5O2S. The van der Waals surface area contributed by atoms with Gasteiger partial charge in [0.1, 0.15) is 11.6 Å². The van der Waals surface area contributed by atoms with E-state index in [1.807, 2.05) is 11.0 Å². The number of hydrogen-bond donors (Lipinski definition) is 1. The van der Waals surface area contributed by atoms with Gasteiger partial charge >= 0.3 is 0 Å². The summed E-state index contributed by atoms with van der Waals surface area (Å²) in [7, 11) is 0. The predicted octanol–water partition coefficient (Wildman–Crippen LogP) is 3.05. The van der Waals surface area contributed by atoms with E-state index in [9.17, 15) is 18.4 Å². The van der Waals surface area contributed by atoms with Gasteiger partial charge in [0.05, 0.1) is 22.7 Å².